The molecule has 7 nitrogen and oxygen atoms in total. The van der Waals surface area contributed by atoms with Gasteiger partial charge in [0, 0.05) is 0 Å². The highest BCUT2D eigenvalue weighted by atomic mass is 79.9. The Kier molecular flexibility index (Phi) is 6.68. The molecule has 2 aromatic rings. The molecule has 1 N–H and O–H groups in total. The molecule has 1 aromatic carbocycles. The summed E-state index contributed by atoms with van der Waals surface area (Å²) < 4.78 is 20.9. The fourth-order valence-electron chi connectivity index (χ4n) is 1.77. The topological polar surface area (TPSA) is 87.0 Å². The predicted molar refractivity (Wildman–Crippen MR) is 88.2 cm³/mol. The monoisotopic (exact) mass is 397 g/mol. The van der Waals surface area contributed by atoms with Crippen molar-refractivity contribution in [1.82, 2.24) is 5.32 Å². The summed E-state index contributed by atoms with van der Waals surface area (Å²) in [6, 6.07) is 10.2. The minimum Gasteiger partial charge on any atom is -0.493 e. The van der Waals surface area contributed by atoms with E-state index in [0.717, 1.165) is 0 Å². The Labute approximate surface area is 147 Å². The van der Waals surface area contributed by atoms with Gasteiger partial charge in [-0.05, 0) is 40.2 Å². The zero-order valence-corrected chi connectivity index (χ0v) is 14.5. The van der Waals surface area contributed by atoms with Crippen LogP contribution in [0.5, 0.6) is 11.5 Å². The molecule has 0 spiro atoms. The Balaban J connectivity index is 1.65. The van der Waals surface area contributed by atoms with E-state index in [9.17, 15) is 9.59 Å². The third-order valence-electron chi connectivity index (χ3n) is 2.86. The van der Waals surface area contributed by atoms with E-state index >= 15 is 0 Å². The lowest BCUT2D eigenvalue weighted by Gasteiger charge is -2.10. The van der Waals surface area contributed by atoms with Gasteiger partial charge in [0.1, 0.15) is 6.61 Å². The van der Waals surface area contributed by atoms with Crippen molar-refractivity contribution < 1.29 is 28.2 Å². The Morgan fingerprint density at radius 2 is 1.92 bits per heavy atom. The number of para-hydroxylation sites is 2. The SMILES string of the molecule is COc1ccccc1OCCNC(=O)COC(=O)c1ccc(Br)o1. The highest BCUT2D eigenvalue weighted by Gasteiger charge is 2.13. The number of esters is 1. The average molecular weight is 398 g/mol. The number of nitrogens with one attached hydrogen (secondary N) is 1. The number of amides is 1. The van der Waals surface area contributed by atoms with Crippen LogP contribution in [-0.4, -0.2) is 38.7 Å². The van der Waals surface area contributed by atoms with E-state index in [1.807, 2.05) is 12.1 Å². The lowest BCUT2D eigenvalue weighted by Crippen LogP contribution is -2.32. The Hall–Kier alpha value is -2.48. The molecule has 0 aliphatic heterocycles. The molecule has 0 radical (unpaired) electrons. The maximum absolute atomic E-state index is 11.6. The number of ether oxygens (including phenoxy) is 3. The number of carbonyl (C=O) groups excluding carboxylic acids is 2. The normalized spacial score (nSPS) is 10.1. The van der Waals surface area contributed by atoms with E-state index in [-0.39, 0.29) is 18.9 Å². The molecule has 0 saturated heterocycles. The van der Waals surface area contributed by atoms with Crippen molar-refractivity contribution in [1.29, 1.82) is 0 Å². The van der Waals surface area contributed by atoms with Crippen LogP contribution in [0.1, 0.15) is 10.6 Å². The Bertz CT molecular complexity index is 699. The van der Waals surface area contributed by atoms with Crippen molar-refractivity contribution in [3.63, 3.8) is 0 Å². The number of benzene rings is 1. The molecular weight excluding hydrogens is 382 g/mol. The number of furan rings is 1. The van der Waals surface area contributed by atoms with Gasteiger partial charge in [-0.2, -0.15) is 0 Å². The minimum atomic E-state index is -0.707. The summed E-state index contributed by atoms with van der Waals surface area (Å²) in [4.78, 5) is 23.2. The van der Waals surface area contributed by atoms with Crippen LogP contribution in [0.25, 0.3) is 0 Å². The van der Waals surface area contributed by atoms with Gasteiger partial charge in [-0.3, -0.25) is 4.79 Å². The predicted octanol–water partition coefficient (Wildman–Crippen LogP) is 2.40. The van der Waals surface area contributed by atoms with Crippen LogP contribution >= 0.6 is 15.9 Å². The first-order valence-electron chi connectivity index (χ1n) is 7.05. The van der Waals surface area contributed by atoms with Crippen molar-refractivity contribution in [3.8, 4) is 11.5 Å². The summed E-state index contributed by atoms with van der Waals surface area (Å²) in [5.41, 5.74) is 0. The van der Waals surface area contributed by atoms with E-state index in [2.05, 4.69) is 21.2 Å². The fraction of sp³-hybridized carbons (Fsp3) is 0.250. The zero-order chi connectivity index (χ0) is 17.4. The molecule has 0 atom stereocenters. The summed E-state index contributed by atoms with van der Waals surface area (Å²) in [5, 5.41) is 2.58. The van der Waals surface area contributed by atoms with Crippen LogP contribution in [0.2, 0.25) is 0 Å². The van der Waals surface area contributed by atoms with Gasteiger partial charge in [-0.15, -0.1) is 0 Å². The molecule has 128 valence electrons. The van der Waals surface area contributed by atoms with E-state index in [1.54, 1.807) is 25.3 Å². The zero-order valence-electron chi connectivity index (χ0n) is 12.9. The fourth-order valence-corrected chi connectivity index (χ4v) is 2.07. The number of halogens is 1. The molecule has 1 amide bonds. The first-order chi connectivity index (χ1) is 11.6. The highest BCUT2D eigenvalue weighted by molar-refractivity contribution is 9.10. The maximum atomic E-state index is 11.6. The average Bonchev–Trinajstić information content (AvgIpc) is 3.03. The van der Waals surface area contributed by atoms with Gasteiger partial charge in [0.05, 0.1) is 13.7 Å². The largest absolute Gasteiger partial charge is 0.493 e. The van der Waals surface area contributed by atoms with E-state index < -0.39 is 18.5 Å². The third-order valence-corrected chi connectivity index (χ3v) is 3.29. The smallest absolute Gasteiger partial charge is 0.374 e. The quantitative estimate of drug-likeness (QED) is 0.543. The molecule has 0 saturated carbocycles. The second-order valence-electron chi connectivity index (χ2n) is 4.53. The Morgan fingerprint density at radius 3 is 2.58 bits per heavy atom. The summed E-state index contributed by atoms with van der Waals surface area (Å²) in [5.74, 6) is 0.0827. The number of rotatable bonds is 8. The van der Waals surface area contributed by atoms with Crippen molar-refractivity contribution in [2.75, 3.05) is 26.9 Å². The molecule has 0 unspecified atom stereocenters. The van der Waals surface area contributed by atoms with Crippen LogP contribution in [0, 0.1) is 0 Å². The molecule has 0 aliphatic carbocycles. The standard InChI is InChI=1S/C16H16BrNO6/c1-21-11-4-2-3-5-12(11)22-9-8-18-15(19)10-23-16(20)13-6-7-14(17)24-13/h2-7H,8-10H2,1H3,(H,18,19). The van der Waals surface area contributed by atoms with Gasteiger partial charge in [0.25, 0.3) is 5.91 Å². The molecule has 2 rings (SSSR count). The lowest BCUT2D eigenvalue weighted by atomic mass is 10.3. The molecule has 0 bridgehead atoms. The van der Waals surface area contributed by atoms with Gasteiger partial charge < -0.3 is 23.9 Å². The van der Waals surface area contributed by atoms with Crippen LogP contribution in [0.15, 0.2) is 45.5 Å². The number of hydrogen-bond donors (Lipinski definition) is 1. The van der Waals surface area contributed by atoms with Crippen LogP contribution in [0.4, 0.5) is 0 Å². The van der Waals surface area contributed by atoms with Crippen LogP contribution in [0.3, 0.4) is 0 Å². The van der Waals surface area contributed by atoms with Crippen LogP contribution in [-0.2, 0) is 9.53 Å². The second-order valence-corrected chi connectivity index (χ2v) is 5.31. The maximum Gasteiger partial charge on any atom is 0.374 e. The van der Waals surface area contributed by atoms with Gasteiger partial charge in [0.2, 0.25) is 5.76 Å². The molecule has 0 fully saturated rings. The molecular formula is C16H16BrNO6. The molecule has 0 aliphatic rings. The van der Waals surface area contributed by atoms with Gasteiger partial charge in [-0.1, -0.05) is 12.1 Å². The van der Waals surface area contributed by atoms with Gasteiger partial charge >= 0.3 is 5.97 Å². The van der Waals surface area contributed by atoms with E-state index in [1.165, 1.54) is 6.07 Å². The lowest BCUT2D eigenvalue weighted by molar-refractivity contribution is -0.124. The second kappa shape index (κ2) is 8.97. The number of methoxy groups -OCH3 is 1. The Morgan fingerprint density at radius 1 is 1.17 bits per heavy atom. The summed E-state index contributed by atoms with van der Waals surface area (Å²) in [6.07, 6.45) is 0. The van der Waals surface area contributed by atoms with Crippen molar-refractivity contribution in [2.24, 2.45) is 0 Å². The van der Waals surface area contributed by atoms with Crippen LogP contribution < -0.4 is 14.8 Å². The molecule has 1 aromatic heterocycles. The first-order valence-corrected chi connectivity index (χ1v) is 7.84. The first kappa shape index (κ1) is 17.9. The number of carbonyl (C=O) groups is 2. The van der Waals surface area contributed by atoms with E-state index in [0.29, 0.717) is 16.2 Å². The number of hydrogen-bond acceptors (Lipinski definition) is 6. The van der Waals surface area contributed by atoms with Gasteiger partial charge in [0.15, 0.2) is 22.8 Å². The molecule has 1 heterocycles. The third kappa shape index (κ3) is 5.31. The minimum absolute atomic E-state index is 0.0224. The van der Waals surface area contributed by atoms with E-state index in [4.69, 9.17) is 18.6 Å². The van der Waals surface area contributed by atoms with Gasteiger partial charge in [-0.25, -0.2) is 4.79 Å². The van der Waals surface area contributed by atoms with Crippen molar-refractivity contribution >= 4 is 27.8 Å². The molecule has 24 heavy (non-hydrogen) atoms. The molecule has 8 heteroatoms. The summed E-state index contributed by atoms with van der Waals surface area (Å²) >= 11 is 3.08. The highest BCUT2D eigenvalue weighted by Crippen LogP contribution is 2.25. The summed E-state index contributed by atoms with van der Waals surface area (Å²) in [6.45, 7) is 0.123. The van der Waals surface area contributed by atoms with Crippen molar-refractivity contribution in [2.45, 2.75) is 0 Å². The van der Waals surface area contributed by atoms with Crippen molar-refractivity contribution in [3.05, 3.63) is 46.8 Å². The summed E-state index contributed by atoms with van der Waals surface area (Å²) in [7, 11) is 1.55.